The molecule has 0 unspecified atom stereocenters. The Kier molecular flexibility index (Phi) is 6.10. The smallest absolute Gasteiger partial charge is 0.341 e. The van der Waals surface area contributed by atoms with Gasteiger partial charge in [-0.15, -0.1) is 0 Å². The minimum atomic E-state index is -1.06. The van der Waals surface area contributed by atoms with Crippen LogP contribution in [-0.2, 0) is 9.47 Å². The molecule has 0 aliphatic carbocycles. The Hall–Kier alpha value is -1.66. The van der Waals surface area contributed by atoms with Crippen LogP contribution in [0.5, 0.6) is 5.75 Å². The molecule has 1 rings (SSSR count). The van der Waals surface area contributed by atoms with Crippen LogP contribution in [0, 0.1) is 6.92 Å². The van der Waals surface area contributed by atoms with Gasteiger partial charge in [0.15, 0.2) is 0 Å². The summed E-state index contributed by atoms with van der Waals surface area (Å²) in [6.07, 6.45) is 1.29. The summed E-state index contributed by atoms with van der Waals surface area (Å²) in [6.45, 7) is 3.45. The van der Waals surface area contributed by atoms with Gasteiger partial charge in [0.2, 0.25) is 0 Å². The van der Waals surface area contributed by atoms with Crippen molar-refractivity contribution in [2.24, 2.45) is 0 Å². The standard InChI is InChI=1S/C12H17NO5/c1-9-7-11(10(8-13-9)12(14)15)18-6-5-17-4-3-16-2/h7-8H,3-6H2,1-2H3,(H,14,15). The van der Waals surface area contributed by atoms with Gasteiger partial charge in [-0.25, -0.2) is 4.79 Å². The molecule has 0 saturated carbocycles. The van der Waals surface area contributed by atoms with Crippen molar-refractivity contribution in [1.29, 1.82) is 0 Å². The molecule has 0 bridgehead atoms. The summed E-state index contributed by atoms with van der Waals surface area (Å²) in [5, 5.41) is 8.96. The number of hydrogen-bond donors (Lipinski definition) is 1. The number of methoxy groups -OCH3 is 1. The molecule has 0 radical (unpaired) electrons. The quantitative estimate of drug-likeness (QED) is 0.702. The number of aromatic carboxylic acids is 1. The highest BCUT2D eigenvalue weighted by Crippen LogP contribution is 2.18. The third kappa shape index (κ3) is 4.68. The maximum Gasteiger partial charge on any atom is 0.341 e. The van der Waals surface area contributed by atoms with E-state index in [0.717, 1.165) is 0 Å². The van der Waals surface area contributed by atoms with E-state index in [-0.39, 0.29) is 12.2 Å². The zero-order chi connectivity index (χ0) is 13.4. The first kappa shape index (κ1) is 14.4. The van der Waals surface area contributed by atoms with E-state index in [9.17, 15) is 4.79 Å². The van der Waals surface area contributed by atoms with Crippen LogP contribution in [-0.4, -0.2) is 49.6 Å². The molecule has 100 valence electrons. The fraction of sp³-hybridized carbons (Fsp3) is 0.500. The van der Waals surface area contributed by atoms with Gasteiger partial charge in [-0.05, 0) is 6.92 Å². The molecule has 0 saturated heterocycles. The Balaban J connectivity index is 2.45. The van der Waals surface area contributed by atoms with Crippen LogP contribution in [0.2, 0.25) is 0 Å². The summed E-state index contributed by atoms with van der Waals surface area (Å²) in [6, 6.07) is 1.60. The van der Waals surface area contributed by atoms with Gasteiger partial charge < -0.3 is 19.3 Å². The Bertz CT molecular complexity index is 394. The maximum atomic E-state index is 10.9. The summed E-state index contributed by atoms with van der Waals surface area (Å²) in [5.74, 6) is -0.747. The molecule has 6 nitrogen and oxygen atoms in total. The molecule has 0 aromatic carbocycles. The van der Waals surface area contributed by atoms with Crippen molar-refractivity contribution >= 4 is 5.97 Å². The van der Waals surface area contributed by atoms with Gasteiger partial charge in [0.1, 0.15) is 17.9 Å². The van der Waals surface area contributed by atoms with Crippen molar-refractivity contribution in [3.8, 4) is 5.75 Å². The monoisotopic (exact) mass is 255 g/mol. The van der Waals surface area contributed by atoms with Crippen LogP contribution >= 0.6 is 0 Å². The lowest BCUT2D eigenvalue weighted by Gasteiger charge is -2.09. The van der Waals surface area contributed by atoms with Gasteiger partial charge in [-0.3, -0.25) is 4.98 Å². The van der Waals surface area contributed by atoms with Gasteiger partial charge in [0.05, 0.1) is 19.8 Å². The number of nitrogens with zero attached hydrogens (tertiary/aromatic N) is 1. The average Bonchev–Trinajstić information content (AvgIpc) is 2.33. The zero-order valence-corrected chi connectivity index (χ0v) is 10.5. The molecule has 0 fully saturated rings. The molecule has 1 aromatic heterocycles. The summed E-state index contributed by atoms with van der Waals surface area (Å²) >= 11 is 0. The van der Waals surface area contributed by atoms with Crippen molar-refractivity contribution < 1.29 is 24.1 Å². The van der Waals surface area contributed by atoms with Crippen molar-refractivity contribution in [2.75, 3.05) is 33.5 Å². The summed E-state index contributed by atoms with van der Waals surface area (Å²) in [4.78, 5) is 14.9. The number of aryl methyl sites for hydroxylation is 1. The highest BCUT2D eigenvalue weighted by atomic mass is 16.5. The molecule has 0 aliphatic rings. The van der Waals surface area contributed by atoms with Gasteiger partial charge >= 0.3 is 5.97 Å². The lowest BCUT2D eigenvalue weighted by molar-refractivity contribution is 0.0535. The first-order chi connectivity index (χ1) is 8.65. The highest BCUT2D eigenvalue weighted by molar-refractivity contribution is 5.90. The number of aromatic nitrogens is 1. The van der Waals surface area contributed by atoms with E-state index in [1.54, 1.807) is 20.1 Å². The topological polar surface area (TPSA) is 77.9 Å². The fourth-order valence-corrected chi connectivity index (χ4v) is 1.27. The number of ether oxygens (including phenoxy) is 3. The third-order valence-electron chi connectivity index (χ3n) is 2.15. The van der Waals surface area contributed by atoms with E-state index >= 15 is 0 Å². The van der Waals surface area contributed by atoms with E-state index < -0.39 is 5.97 Å². The van der Waals surface area contributed by atoms with Crippen LogP contribution in [0.1, 0.15) is 16.1 Å². The minimum Gasteiger partial charge on any atom is -0.490 e. The number of carbonyl (C=O) groups is 1. The second kappa shape index (κ2) is 7.62. The molecule has 0 spiro atoms. The molecule has 18 heavy (non-hydrogen) atoms. The number of carboxylic acid groups (broad SMARTS) is 1. The van der Waals surface area contributed by atoms with E-state index in [2.05, 4.69) is 4.98 Å². The Morgan fingerprint density at radius 1 is 1.33 bits per heavy atom. The van der Waals surface area contributed by atoms with Gasteiger partial charge in [0.25, 0.3) is 0 Å². The fourth-order valence-electron chi connectivity index (χ4n) is 1.27. The van der Waals surface area contributed by atoms with E-state index in [1.807, 2.05) is 0 Å². The SMILES string of the molecule is COCCOCCOc1cc(C)ncc1C(=O)O. The molecule has 0 atom stereocenters. The van der Waals surface area contributed by atoms with Crippen molar-refractivity contribution in [2.45, 2.75) is 6.92 Å². The summed E-state index contributed by atoms with van der Waals surface area (Å²) in [5.41, 5.74) is 0.757. The van der Waals surface area contributed by atoms with Crippen LogP contribution in [0.15, 0.2) is 12.3 Å². The molecular formula is C12H17NO5. The number of carboxylic acids is 1. The Labute approximate surface area is 106 Å². The number of pyridine rings is 1. The van der Waals surface area contributed by atoms with Crippen molar-refractivity contribution in [3.05, 3.63) is 23.5 Å². The first-order valence-corrected chi connectivity index (χ1v) is 5.54. The lowest BCUT2D eigenvalue weighted by atomic mass is 10.2. The molecule has 1 heterocycles. The lowest BCUT2D eigenvalue weighted by Crippen LogP contribution is -2.12. The molecule has 6 heteroatoms. The Morgan fingerprint density at radius 2 is 2.06 bits per heavy atom. The van der Waals surface area contributed by atoms with Gasteiger partial charge in [-0.2, -0.15) is 0 Å². The van der Waals surface area contributed by atoms with Crippen LogP contribution in [0.4, 0.5) is 0 Å². The average molecular weight is 255 g/mol. The van der Waals surface area contributed by atoms with E-state index in [0.29, 0.717) is 31.3 Å². The highest BCUT2D eigenvalue weighted by Gasteiger charge is 2.11. The molecule has 0 amide bonds. The molecule has 1 N–H and O–H groups in total. The number of hydrogen-bond acceptors (Lipinski definition) is 5. The summed E-state index contributed by atoms with van der Waals surface area (Å²) < 4.78 is 15.4. The third-order valence-corrected chi connectivity index (χ3v) is 2.15. The van der Waals surface area contributed by atoms with Crippen molar-refractivity contribution in [3.63, 3.8) is 0 Å². The van der Waals surface area contributed by atoms with E-state index in [1.165, 1.54) is 6.20 Å². The zero-order valence-electron chi connectivity index (χ0n) is 10.5. The van der Waals surface area contributed by atoms with Gasteiger partial charge in [-0.1, -0.05) is 0 Å². The second-order valence-electron chi connectivity index (χ2n) is 3.58. The van der Waals surface area contributed by atoms with E-state index in [4.69, 9.17) is 19.3 Å². The predicted molar refractivity (Wildman–Crippen MR) is 64.1 cm³/mol. The largest absolute Gasteiger partial charge is 0.490 e. The Morgan fingerprint density at radius 3 is 2.72 bits per heavy atom. The van der Waals surface area contributed by atoms with Gasteiger partial charge in [0, 0.05) is 25.1 Å². The predicted octanol–water partition coefficient (Wildman–Crippen LogP) is 1.13. The molecular weight excluding hydrogens is 238 g/mol. The molecule has 0 aliphatic heterocycles. The second-order valence-corrected chi connectivity index (χ2v) is 3.58. The van der Waals surface area contributed by atoms with Crippen molar-refractivity contribution in [1.82, 2.24) is 4.98 Å². The normalized spacial score (nSPS) is 10.3. The van der Waals surface area contributed by atoms with Crippen LogP contribution in [0.25, 0.3) is 0 Å². The van der Waals surface area contributed by atoms with Crippen LogP contribution in [0.3, 0.4) is 0 Å². The summed E-state index contributed by atoms with van der Waals surface area (Å²) in [7, 11) is 1.60. The first-order valence-electron chi connectivity index (χ1n) is 5.54. The minimum absolute atomic E-state index is 0.0532. The molecule has 1 aromatic rings. The maximum absolute atomic E-state index is 10.9. The van der Waals surface area contributed by atoms with Crippen LogP contribution < -0.4 is 4.74 Å². The number of rotatable bonds is 8.